The molecule has 0 fully saturated rings. The Morgan fingerprint density at radius 2 is 1.94 bits per heavy atom. The number of fused-ring (bicyclic) bond motifs is 1. The lowest BCUT2D eigenvalue weighted by molar-refractivity contribution is -0.115. The third-order valence-electron chi connectivity index (χ3n) is 5.35. The van der Waals surface area contributed by atoms with Crippen LogP contribution in [-0.2, 0) is 11.4 Å². The molecule has 1 unspecified atom stereocenters. The van der Waals surface area contributed by atoms with Crippen molar-refractivity contribution < 1.29 is 14.3 Å². The molecule has 1 aromatic heterocycles. The summed E-state index contributed by atoms with van der Waals surface area (Å²) in [4.78, 5) is 17.1. The van der Waals surface area contributed by atoms with Gasteiger partial charge in [-0.1, -0.05) is 55.1 Å². The summed E-state index contributed by atoms with van der Waals surface area (Å²) < 4.78 is 13.7. The van der Waals surface area contributed by atoms with Gasteiger partial charge in [0.2, 0.25) is 17.0 Å². The van der Waals surface area contributed by atoms with Gasteiger partial charge in [0.15, 0.2) is 11.5 Å². The summed E-state index contributed by atoms with van der Waals surface area (Å²) in [6.07, 6.45) is 1.01. The minimum atomic E-state index is -0.528. The highest BCUT2D eigenvalue weighted by atomic mass is 32.2. The number of rotatable bonds is 10. The van der Waals surface area contributed by atoms with Crippen LogP contribution in [0.4, 0.5) is 5.95 Å². The second kappa shape index (κ2) is 10.6. The standard InChI is InChI=1S/C25H29N5O3S/c1-4-13-34-25-28-24-27-16(3)21(23(26)31)22(30(24)29-25)18-11-12-19(20(14-18)32-5-2)33-15-17-9-7-6-8-10-17/h6-12,14,22H,4-5,13,15H2,1-3H3,(H2,26,31)(H,27,28,29). The second-order valence-electron chi connectivity index (χ2n) is 7.85. The van der Waals surface area contributed by atoms with Gasteiger partial charge in [0.05, 0.1) is 12.2 Å². The fourth-order valence-electron chi connectivity index (χ4n) is 3.83. The zero-order valence-corrected chi connectivity index (χ0v) is 20.4. The van der Waals surface area contributed by atoms with Gasteiger partial charge in [0.25, 0.3) is 0 Å². The number of carbonyl (C=O) groups is 1. The zero-order valence-electron chi connectivity index (χ0n) is 19.6. The molecule has 34 heavy (non-hydrogen) atoms. The fourth-order valence-corrected chi connectivity index (χ4v) is 4.51. The number of ether oxygens (including phenoxy) is 2. The van der Waals surface area contributed by atoms with E-state index in [1.54, 1.807) is 16.4 Å². The van der Waals surface area contributed by atoms with E-state index in [1.165, 1.54) is 0 Å². The Hall–Kier alpha value is -3.46. The summed E-state index contributed by atoms with van der Waals surface area (Å²) >= 11 is 1.58. The number of carbonyl (C=O) groups excluding carboxylic acids is 1. The molecule has 0 spiro atoms. The van der Waals surface area contributed by atoms with E-state index in [9.17, 15) is 4.79 Å². The maximum absolute atomic E-state index is 12.5. The van der Waals surface area contributed by atoms with Gasteiger partial charge >= 0.3 is 0 Å². The lowest BCUT2D eigenvalue weighted by Crippen LogP contribution is -2.31. The van der Waals surface area contributed by atoms with Crippen molar-refractivity contribution in [3.63, 3.8) is 0 Å². The van der Waals surface area contributed by atoms with Gasteiger partial charge in [-0.05, 0) is 43.5 Å². The normalized spacial score (nSPS) is 15.0. The highest BCUT2D eigenvalue weighted by Crippen LogP contribution is 2.39. The second-order valence-corrected chi connectivity index (χ2v) is 8.92. The Morgan fingerprint density at radius 1 is 1.15 bits per heavy atom. The molecule has 0 saturated heterocycles. The number of hydrogen-bond acceptors (Lipinski definition) is 7. The van der Waals surface area contributed by atoms with E-state index in [4.69, 9.17) is 15.2 Å². The van der Waals surface area contributed by atoms with Crippen molar-refractivity contribution in [3.8, 4) is 11.5 Å². The monoisotopic (exact) mass is 479 g/mol. The Labute approximate surface area is 203 Å². The summed E-state index contributed by atoms with van der Waals surface area (Å²) in [6.45, 7) is 6.75. The van der Waals surface area contributed by atoms with Gasteiger partial charge in [-0.25, -0.2) is 4.68 Å². The third kappa shape index (κ3) is 5.04. The lowest BCUT2D eigenvalue weighted by atomic mass is 9.95. The van der Waals surface area contributed by atoms with Crippen molar-refractivity contribution in [3.05, 3.63) is 70.9 Å². The Kier molecular flexibility index (Phi) is 7.42. The van der Waals surface area contributed by atoms with Crippen LogP contribution in [-0.4, -0.2) is 33.0 Å². The van der Waals surface area contributed by atoms with Gasteiger partial charge in [0.1, 0.15) is 12.6 Å². The van der Waals surface area contributed by atoms with Gasteiger partial charge in [0, 0.05) is 11.4 Å². The molecule has 0 saturated carbocycles. The largest absolute Gasteiger partial charge is 0.490 e. The number of aromatic nitrogens is 3. The number of primary amides is 1. The highest BCUT2D eigenvalue weighted by Gasteiger charge is 2.34. The number of allylic oxidation sites excluding steroid dienone is 1. The molecule has 2 heterocycles. The molecule has 1 amide bonds. The maximum Gasteiger partial charge on any atom is 0.248 e. The minimum absolute atomic E-state index is 0.421. The summed E-state index contributed by atoms with van der Waals surface area (Å²) in [6, 6.07) is 15.1. The van der Waals surface area contributed by atoms with Gasteiger partial charge in [-0.15, -0.1) is 5.10 Å². The minimum Gasteiger partial charge on any atom is -0.490 e. The number of benzene rings is 2. The topological polar surface area (TPSA) is 104 Å². The number of nitrogens with two attached hydrogens (primary N) is 1. The molecule has 0 bridgehead atoms. The predicted octanol–water partition coefficient (Wildman–Crippen LogP) is 4.53. The summed E-state index contributed by atoms with van der Waals surface area (Å²) in [7, 11) is 0. The summed E-state index contributed by atoms with van der Waals surface area (Å²) in [5.74, 6) is 2.20. The quantitative estimate of drug-likeness (QED) is 0.412. The zero-order chi connectivity index (χ0) is 24.1. The fraction of sp³-hybridized carbons (Fsp3) is 0.320. The molecule has 3 N–H and O–H groups in total. The van der Waals surface area contributed by atoms with Crippen LogP contribution in [0.15, 0.2) is 65.0 Å². The molecule has 2 aromatic carbocycles. The summed E-state index contributed by atoms with van der Waals surface area (Å²) in [5.41, 5.74) is 8.77. The van der Waals surface area contributed by atoms with E-state index in [1.807, 2.05) is 62.4 Å². The van der Waals surface area contributed by atoms with Crippen LogP contribution < -0.4 is 20.5 Å². The molecular weight excluding hydrogens is 450 g/mol. The van der Waals surface area contributed by atoms with Crippen LogP contribution in [0.3, 0.4) is 0 Å². The van der Waals surface area contributed by atoms with E-state index in [0.717, 1.165) is 23.3 Å². The number of thioether (sulfide) groups is 1. The van der Waals surface area contributed by atoms with E-state index in [0.29, 0.717) is 47.1 Å². The average Bonchev–Trinajstić information content (AvgIpc) is 3.24. The lowest BCUT2D eigenvalue weighted by Gasteiger charge is -2.28. The molecule has 0 aliphatic carbocycles. The van der Waals surface area contributed by atoms with Crippen LogP contribution in [0.2, 0.25) is 0 Å². The number of hydrogen-bond donors (Lipinski definition) is 2. The molecule has 4 rings (SSSR count). The van der Waals surface area contributed by atoms with E-state index >= 15 is 0 Å². The van der Waals surface area contributed by atoms with Crippen molar-refractivity contribution >= 4 is 23.6 Å². The van der Waals surface area contributed by atoms with Crippen LogP contribution in [0.25, 0.3) is 0 Å². The van der Waals surface area contributed by atoms with Crippen molar-refractivity contribution in [2.45, 2.75) is 45.0 Å². The molecule has 1 aliphatic rings. The van der Waals surface area contributed by atoms with Crippen LogP contribution >= 0.6 is 11.8 Å². The number of nitrogens with one attached hydrogen (secondary N) is 1. The number of nitrogens with zero attached hydrogens (tertiary/aromatic N) is 3. The van der Waals surface area contributed by atoms with E-state index in [-0.39, 0.29) is 0 Å². The Morgan fingerprint density at radius 3 is 2.65 bits per heavy atom. The SMILES string of the molecule is CCCSc1nc2n(n1)C(c1ccc(OCc3ccccc3)c(OCC)c1)C(C(N)=O)=C(C)N2. The van der Waals surface area contributed by atoms with Crippen LogP contribution in [0.1, 0.15) is 44.4 Å². The van der Waals surface area contributed by atoms with Crippen LogP contribution in [0.5, 0.6) is 11.5 Å². The van der Waals surface area contributed by atoms with Crippen molar-refractivity contribution in [1.29, 1.82) is 0 Å². The van der Waals surface area contributed by atoms with Gasteiger partial charge < -0.3 is 20.5 Å². The first-order valence-corrected chi connectivity index (χ1v) is 12.3. The molecule has 0 radical (unpaired) electrons. The summed E-state index contributed by atoms with van der Waals surface area (Å²) in [5, 5.41) is 8.51. The van der Waals surface area contributed by atoms with Gasteiger partial charge in [-0.3, -0.25) is 4.79 Å². The van der Waals surface area contributed by atoms with Gasteiger partial charge in [-0.2, -0.15) is 4.98 Å². The first kappa shape index (κ1) is 23.7. The maximum atomic E-state index is 12.5. The smallest absolute Gasteiger partial charge is 0.248 e. The molecule has 1 atom stereocenters. The van der Waals surface area contributed by atoms with Crippen molar-refractivity contribution in [1.82, 2.24) is 14.8 Å². The highest BCUT2D eigenvalue weighted by molar-refractivity contribution is 7.99. The molecule has 3 aromatic rings. The Balaban J connectivity index is 1.71. The van der Waals surface area contributed by atoms with Crippen molar-refractivity contribution in [2.24, 2.45) is 5.73 Å². The molecule has 9 heteroatoms. The number of amides is 1. The van der Waals surface area contributed by atoms with Crippen molar-refractivity contribution in [2.75, 3.05) is 17.7 Å². The molecule has 1 aliphatic heterocycles. The molecule has 8 nitrogen and oxygen atoms in total. The van der Waals surface area contributed by atoms with E-state index in [2.05, 4.69) is 22.3 Å². The first-order chi connectivity index (χ1) is 16.5. The number of anilines is 1. The average molecular weight is 480 g/mol. The first-order valence-electron chi connectivity index (χ1n) is 11.3. The van der Waals surface area contributed by atoms with E-state index < -0.39 is 11.9 Å². The van der Waals surface area contributed by atoms with Crippen LogP contribution in [0, 0.1) is 0 Å². The third-order valence-corrected chi connectivity index (χ3v) is 6.40. The Bertz CT molecular complexity index is 1190. The molecular formula is C25H29N5O3S. The molecule has 178 valence electrons. The predicted molar refractivity (Wildman–Crippen MR) is 133 cm³/mol.